The van der Waals surface area contributed by atoms with Crippen LogP contribution in [0.4, 0.5) is 0 Å². The molecule has 1 N–H and O–H groups in total. The fourth-order valence-electron chi connectivity index (χ4n) is 2.63. The Labute approximate surface area is 163 Å². The van der Waals surface area contributed by atoms with Crippen LogP contribution < -0.4 is 5.32 Å². The molecule has 5 heteroatoms. The van der Waals surface area contributed by atoms with Crippen molar-refractivity contribution in [1.82, 2.24) is 5.32 Å². The van der Waals surface area contributed by atoms with E-state index in [0.29, 0.717) is 5.56 Å². The predicted octanol–water partition coefficient (Wildman–Crippen LogP) is 3.40. The zero-order chi connectivity index (χ0) is 19.8. The maximum Gasteiger partial charge on any atom is 0.310 e. The van der Waals surface area contributed by atoms with E-state index in [2.05, 4.69) is 5.32 Å². The number of esters is 1. The first-order valence-electron chi connectivity index (χ1n) is 8.81. The Balaban J connectivity index is 1.46. The molecule has 2 amide bonds. The molecular weight excluding hydrogens is 354 g/mol. The Bertz CT molecular complexity index is 951. The number of benzene rings is 3. The van der Waals surface area contributed by atoms with Gasteiger partial charge in [0.1, 0.15) is 0 Å². The van der Waals surface area contributed by atoms with Gasteiger partial charge in [-0.1, -0.05) is 72.8 Å². The maximum absolute atomic E-state index is 11.9. The Morgan fingerprint density at radius 2 is 1.29 bits per heavy atom. The fourth-order valence-corrected chi connectivity index (χ4v) is 2.63. The zero-order valence-electron chi connectivity index (χ0n) is 15.1. The number of imide groups is 1. The van der Waals surface area contributed by atoms with Gasteiger partial charge in [-0.3, -0.25) is 19.7 Å². The molecule has 28 heavy (non-hydrogen) atoms. The van der Waals surface area contributed by atoms with Crippen LogP contribution >= 0.6 is 0 Å². The summed E-state index contributed by atoms with van der Waals surface area (Å²) in [5.41, 5.74) is 3.29. The van der Waals surface area contributed by atoms with Crippen molar-refractivity contribution in [3.05, 3.63) is 96.1 Å². The largest absolute Gasteiger partial charge is 0.455 e. The van der Waals surface area contributed by atoms with Gasteiger partial charge in [-0.05, 0) is 28.8 Å². The number of rotatable bonds is 6. The maximum atomic E-state index is 11.9. The number of ether oxygens (including phenoxy) is 1. The summed E-state index contributed by atoms with van der Waals surface area (Å²) in [6.45, 7) is -0.500. The molecule has 0 unspecified atom stereocenters. The van der Waals surface area contributed by atoms with Gasteiger partial charge >= 0.3 is 5.97 Å². The Kier molecular flexibility index (Phi) is 6.31. The number of hydrogen-bond donors (Lipinski definition) is 1. The van der Waals surface area contributed by atoms with Gasteiger partial charge in [-0.25, -0.2) is 0 Å². The molecule has 0 atom stereocenters. The highest BCUT2D eigenvalue weighted by Crippen LogP contribution is 2.19. The van der Waals surface area contributed by atoms with Gasteiger partial charge < -0.3 is 4.74 Å². The van der Waals surface area contributed by atoms with Crippen molar-refractivity contribution < 1.29 is 19.1 Å². The van der Waals surface area contributed by atoms with E-state index in [1.807, 2.05) is 54.6 Å². The Hall–Kier alpha value is -3.73. The molecule has 0 bridgehead atoms. The molecule has 3 aromatic carbocycles. The molecule has 0 saturated heterocycles. The second-order valence-electron chi connectivity index (χ2n) is 6.14. The first-order chi connectivity index (χ1) is 13.6. The van der Waals surface area contributed by atoms with Crippen LogP contribution in [0.2, 0.25) is 0 Å². The molecule has 0 aliphatic heterocycles. The lowest BCUT2D eigenvalue weighted by molar-refractivity contribution is -0.147. The summed E-state index contributed by atoms with van der Waals surface area (Å²) in [6.07, 6.45) is 0.0506. The van der Waals surface area contributed by atoms with Gasteiger partial charge in [0.2, 0.25) is 0 Å². The molecule has 0 fully saturated rings. The summed E-state index contributed by atoms with van der Waals surface area (Å²) in [4.78, 5) is 35.6. The molecule has 0 heterocycles. The van der Waals surface area contributed by atoms with Gasteiger partial charge in [-0.15, -0.1) is 0 Å². The van der Waals surface area contributed by atoms with Crippen LogP contribution in [0.15, 0.2) is 84.9 Å². The third-order valence-corrected chi connectivity index (χ3v) is 4.06. The molecule has 0 radical (unpaired) electrons. The monoisotopic (exact) mass is 373 g/mol. The summed E-state index contributed by atoms with van der Waals surface area (Å²) in [6, 6.07) is 25.8. The van der Waals surface area contributed by atoms with Crippen molar-refractivity contribution in [2.45, 2.75) is 6.42 Å². The summed E-state index contributed by atoms with van der Waals surface area (Å²) in [5.74, 6) is -1.73. The second kappa shape index (κ2) is 9.28. The predicted molar refractivity (Wildman–Crippen MR) is 105 cm³/mol. The summed E-state index contributed by atoms with van der Waals surface area (Å²) >= 11 is 0. The van der Waals surface area contributed by atoms with E-state index < -0.39 is 24.4 Å². The number of carbonyl (C=O) groups excluding carboxylic acids is 3. The van der Waals surface area contributed by atoms with Gasteiger partial charge in [0.25, 0.3) is 11.8 Å². The normalized spacial score (nSPS) is 10.1. The number of amides is 2. The second-order valence-corrected chi connectivity index (χ2v) is 6.14. The lowest BCUT2D eigenvalue weighted by Crippen LogP contribution is -2.34. The molecule has 0 spiro atoms. The van der Waals surface area contributed by atoms with Crippen LogP contribution in [0.5, 0.6) is 0 Å². The summed E-state index contributed by atoms with van der Waals surface area (Å²) < 4.78 is 4.96. The zero-order valence-corrected chi connectivity index (χ0v) is 15.1. The van der Waals surface area contributed by atoms with E-state index in [0.717, 1.165) is 16.7 Å². The van der Waals surface area contributed by atoms with Gasteiger partial charge in [0.05, 0.1) is 6.42 Å². The van der Waals surface area contributed by atoms with Gasteiger partial charge in [0, 0.05) is 5.56 Å². The van der Waals surface area contributed by atoms with Crippen molar-refractivity contribution in [3.63, 3.8) is 0 Å². The molecule has 3 aromatic rings. The molecule has 5 nitrogen and oxygen atoms in total. The number of hydrogen-bond acceptors (Lipinski definition) is 4. The lowest BCUT2D eigenvalue weighted by Gasteiger charge is -2.07. The smallest absolute Gasteiger partial charge is 0.310 e. The highest BCUT2D eigenvalue weighted by atomic mass is 16.5. The van der Waals surface area contributed by atoms with E-state index in [1.54, 1.807) is 30.3 Å². The first kappa shape index (κ1) is 19.0. The molecule has 0 aliphatic carbocycles. The summed E-state index contributed by atoms with van der Waals surface area (Å²) in [7, 11) is 0. The minimum atomic E-state index is -0.665. The van der Waals surface area contributed by atoms with Crippen molar-refractivity contribution in [1.29, 1.82) is 0 Å². The minimum absolute atomic E-state index is 0.0506. The molecule has 3 rings (SSSR count). The van der Waals surface area contributed by atoms with Crippen molar-refractivity contribution in [3.8, 4) is 11.1 Å². The van der Waals surface area contributed by atoms with E-state index >= 15 is 0 Å². The highest BCUT2D eigenvalue weighted by molar-refractivity contribution is 6.05. The lowest BCUT2D eigenvalue weighted by atomic mass is 10.0. The van der Waals surface area contributed by atoms with Crippen LogP contribution in [-0.2, 0) is 20.7 Å². The van der Waals surface area contributed by atoms with Gasteiger partial charge in [-0.2, -0.15) is 0 Å². The highest BCUT2D eigenvalue weighted by Gasteiger charge is 2.12. The number of carbonyl (C=O) groups is 3. The van der Waals surface area contributed by atoms with Crippen LogP contribution in [0, 0.1) is 0 Å². The van der Waals surface area contributed by atoms with Crippen LogP contribution in [-0.4, -0.2) is 24.4 Å². The topological polar surface area (TPSA) is 72.5 Å². The van der Waals surface area contributed by atoms with Gasteiger partial charge in [0.15, 0.2) is 6.61 Å². The van der Waals surface area contributed by atoms with Crippen molar-refractivity contribution in [2.75, 3.05) is 6.61 Å². The minimum Gasteiger partial charge on any atom is -0.455 e. The van der Waals surface area contributed by atoms with E-state index in [4.69, 9.17) is 4.74 Å². The van der Waals surface area contributed by atoms with E-state index in [-0.39, 0.29) is 6.42 Å². The average molecular weight is 373 g/mol. The molecule has 0 aliphatic rings. The van der Waals surface area contributed by atoms with Crippen LogP contribution in [0.25, 0.3) is 11.1 Å². The summed E-state index contributed by atoms with van der Waals surface area (Å²) in [5, 5.41) is 2.19. The van der Waals surface area contributed by atoms with Crippen LogP contribution in [0.1, 0.15) is 15.9 Å². The quantitative estimate of drug-likeness (QED) is 0.672. The van der Waals surface area contributed by atoms with Crippen LogP contribution in [0.3, 0.4) is 0 Å². The van der Waals surface area contributed by atoms with E-state index in [1.165, 1.54) is 0 Å². The standard InChI is InChI=1S/C23H19NO4/c25-21(24-23(27)20-9-5-2-6-10-20)16-28-22(26)15-17-11-13-19(14-12-17)18-7-3-1-4-8-18/h1-14H,15-16H2,(H,24,25,27). The Morgan fingerprint density at radius 1 is 0.714 bits per heavy atom. The first-order valence-corrected chi connectivity index (χ1v) is 8.81. The molecule has 140 valence electrons. The van der Waals surface area contributed by atoms with E-state index in [9.17, 15) is 14.4 Å². The SMILES string of the molecule is O=C(COC(=O)Cc1ccc(-c2ccccc2)cc1)NC(=O)c1ccccc1. The average Bonchev–Trinajstić information content (AvgIpc) is 2.74. The molecule has 0 aromatic heterocycles. The third kappa shape index (κ3) is 5.38. The third-order valence-electron chi connectivity index (χ3n) is 4.06. The Morgan fingerprint density at radius 3 is 1.93 bits per heavy atom. The van der Waals surface area contributed by atoms with Crippen molar-refractivity contribution >= 4 is 17.8 Å². The fraction of sp³-hybridized carbons (Fsp3) is 0.0870. The molecule has 0 saturated carbocycles. The van der Waals surface area contributed by atoms with Crippen molar-refractivity contribution in [2.24, 2.45) is 0 Å². The number of nitrogens with one attached hydrogen (secondary N) is 1. The molecular formula is C23H19NO4.